The summed E-state index contributed by atoms with van der Waals surface area (Å²) in [5.41, 5.74) is 0.934. The first-order chi connectivity index (χ1) is 9.08. The van der Waals surface area contributed by atoms with Crippen LogP contribution in [0.25, 0.3) is 0 Å². The number of Topliss-reactive ketones (excluding diaryl/α,β-unsaturated/α-hetero) is 1. The van der Waals surface area contributed by atoms with Gasteiger partial charge in [-0.05, 0) is 36.8 Å². The van der Waals surface area contributed by atoms with E-state index in [4.69, 9.17) is 4.74 Å². The molecule has 3 nitrogen and oxygen atoms in total. The third-order valence-electron chi connectivity index (χ3n) is 2.66. The number of benzene rings is 2. The molecule has 0 aliphatic heterocycles. The lowest BCUT2D eigenvalue weighted by atomic mass is 10.1. The van der Waals surface area contributed by atoms with E-state index in [2.05, 4.69) is 0 Å². The van der Waals surface area contributed by atoms with Crippen molar-refractivity contribution >= 4 is 5.78 Å². The molecule has 1 N–H and O–H groups in total. The smallest absolute Gasteiger partial charge is 0.167 e. The second-order valence-corrected chi connectivity index (χ2v) is 4.12. The lowest BCUT2D eigenvalue weighted by Gasteiger charge is -2.11. The van der Waals surface area contributed by atoms with Crippen molar-refractivity contribution in [3.05, 3.63) is 59.4 Å². The Bertz CT molecular complexity index is 591. The van der Waals surface area contributed by atoms with Crippen molar-refractivity contribution in [1.29, 1.82) is 0 Å². The van der Waals surface area contributed by atoms with Crippen LogP contribution in [0.15, 0.2) is 42.5 Å². The molecule has 0 atom stereocenters. The fourth-order valence-corrected chi connectivity index (χ4v) is 1.74. The first-order valence-corrected chi connectivity index (χ1v) is 5.78. The number of hydrogen-bond acceptors (Lipinski definition) is 3. The number of carbonyl (C=O) groups is 1. The quantitative estimate of drug-likeness (QED) is 0.858. The van der Waals surface area contributed by atoms with Crippen molar-refractivity contribution in [1.82, 2.24) is 0 Å². The molecule has 0 aliphatic carbocycles. The van der Waals surface area contributed by atoms with E-state index in [9.17, 15) is 14.3 Å². The molecule has 4 heteroatoms. The van der Waals surface area contributed by atoms with Crippen molar-refractivity contribution in [2.24, 2.45) is 0 Å². The third-order valence-corrected chi connectivity index (χ3v) is 2.66. The molecule has 0 aliphatic rings. The number of phenols is 1. The highest BCUT2D eigenvalue weighted by atomic mass is 19.1. The van der Waals surface area contributed by atoms with Gasteiger partial charge in [-0.25, -0.2) is 4.39 Å². The number of ketones is 1. The Kier molecular flexibility index (Phi) is 3.80. The van der Waals surface area contributed by atoms with Crippen molar-refractivity contribution in [2.45, 2.75) is 13.5 Å². The summed E-state index contributed by atoms with van der Waals surface area (Å²) in [5.74, 6) is -0.376. The molecule has 0 fully saturated rings. The summed E-state index contributed by atoms with van der Waals surface area (Å²) in [6, 6.07) is 10.5. The summed E-state index contributed by atoms with van der Waals surface area (Å²) >= 11 is 0. The van der Waals surface area contributed by atoms with Crippen LogP contribution in [0.5, 0.6) is 11.5 Å². The van der Waals surface area contributed by atoms with E-state index in [1.54, 1.807) is 24.3 Å². The number of carbonyl (C=O) groups excluding carboxylic acids is 1. The van der Waals surface area contributed by atoms with Gasteiger partial charge in [-0.2, -0.15) is 0 Å². The number of rotatable bonds is 4. The van der Waals surface area contributed by atoms with Gasteiger partial charge in [0.25, 0.3) is 0 Å². The molecule has 0 heterocycles. The summed E-state index contributed by atoms with van der Waals surface area (Å²) in [4.78, 5) is 11.5. The van der Waals surface area contributed by atoms with Crippen LogP contribution in [-0.2, 0) is 6.61 Å². The van der Waals surface area contributed by atoms with Gasteiger partial charge in [0.1, 0.15) is 29.5 Å². The molecule has 0 radical (unpaired) electrons. The van der Waals surface area contributed by atoms with Crippen LogP contribution in [0.4, 0.5) is 4.39 Å². The highest BCUT2D eigenvalue weighted by Gasteiger charge is 2.13. The maximum Gasteiger partial charge on any atom is 0.167 e. The van der Waals surface area contributed by atoms with E-state index in [1.807, 2.05) is 0 Å². The molecule has 0 saturated heterocycles. The van der Waals surface area contributed by atoms with Crippen molar-refractivity contribution in [3.63, 3.8) is 0 Å². The van der Waals surface area contributed by atoms with Crippen molar-refractivity contribution in [3.8, 4) is 11.5 Å². The van der Waals surface area contributed by atoms with Crippen LogP contribution < -0.4 is 4.74 Å². The lowest BCUT2D eigenvalue weighted by molar-refractivity contribution is 0.101. The van der Waals surface area contributed by atoms with Crippen molar-refractivity contribution in [2.75, 3.05) is 0 Å². The Morgan fingerprint density at radius 2 is 1.89 bits per heavy atom. The summed E-state index contributed by atoms with van der Waals surface area (Å²) in [7, 11) is 0. The Morgan fingerprint density at radius 1 is 1.21 bits per heavy atom. The van der Waals surface area contributed by atoms with E-state index in [-0.39, 0.29) is 29.5 Å². The van der Waals surface area contributed by atoms with Gasteiger partial charge in [-0.1, -0.05) is 18.2 Å². The zero-order valence-corrected chi connectivity index (χ0v) is 10.4. The molecule has 0 amide bonds. The van der Waals surface area contributed by atoms with E-state index in [0.717, 1.165) is 5.56 Å². The molecule has 0 aromatic heterocycles. The zero-order valence-electron chi connectivity index (χ0n) is 10.4. The fourth-order valence-electron chi connectivity index (χ4n) is 1.74. The molecule has 0 bridgehead atoms. The Morgan fingerprint density at radius 3 is 2.53 bits per heavy atom. The Labute approximate surface area is 110 Å². The van der Waals surface area contributed by atoms with Crippen LogP contribution in [0, 0.1) is 5.82 Å². The van der Waals surface area contributed by atoms with Gasteiger partial charge in [0.2, 0.25) is 0 Å². The highest BCUT2D eigenvalue weighted by Crippen LogP contribution is 2.28. The number of halogens is 1. The maximum absolute atomic E-state index is 12.8. The van der Waals surface area contributed by atoms with Gasteiger partial charge in [-0.3, -0.25) is 4.79 Å². The first kappa shape index (κ1) is 13.1. The van der Waals surface area contributed by atoms with E-state index in [1.165, 1.54) is 25.1 Å². The summed E-state index contributed by atoms with van der Waals surface area (Å²) in [6.45, 7) is 1.56. The Balaban J connectivity index is 2.18. The monoisotopic (exact) mass is 260 g/mol. The Hall–Kier alpha value is -2.36. The molecule has 0 unspecified atom stereocenters. The number of aromatic hydroxyl groups is 1. The largest absolute Gasteiger partial charge is 0.507 e. The molecular formula is C15H13FO3. The predicted molar refractivity (Wildman–Crippen MR) is 68.8 cm³/mol. The third kappa shape index (κ3) is 3.10. The van der Waals surface area contributed by atoms with Crippen LogP contribution in [0.2, 0.25) is 0 Å². The molecular weight excluding hydrogens is 247 g/mol. The average molecular weight is 260 g/mol. The van der Waals surface area contributed by atoms with E-state index >= 15 is 0 Å². The molecule has 0 spiro atoms. The second-order valence-electron chi connectivity index (χ2n) is 4.12. The molecule has 19 heavy (non-hydrogen) atoms. The van der Waals surface area contributed by atoms with Gasteiger partial charge in [-0.15, -0.1) is 0 Å². The van der Waals surface area contributed by atoms with Crippen LogP contribution in [-0.4, -0.2) is 10.9 Å². The minimum atomic E-state index is -0.314. The fraction of sp³-hybridized carbons (Fsp3) is 0.133. The van der Waals surface area contributed by atoms with Crippen LogP contribution >= 0.6 is 0 Å². The predicted octanol–water partition coefficient (Wildman–Crippen LogP) is 3.31. The highest BCUT2D eigenvalue weighted by molar-refractivity contribution is 5.99. The summed E-state index contributed by atoms with van der Waals surface area (Å²) < 4.78 is 18.3. The standard InChI is InChI=1S/C15H13FO3/c1-10(17)15-13(18)3-2-4-14(15)19-9-11-5-7-12(16)8-6-11/h2-8,18H,9H2,1H3. The van der Waals surface area contributed by atoms with Gasteiger partial charge >= 0.3 is 0 Å². The maximum atomic E-state index is 12.8. The molecule has 2 aromatic rings. The van der Waals surface area contributed by atoms with Crippen LogP contribution in [0.1, 0.15) is 22.8 Å². The van der Waals surface area contributed by atoms with Gasteiger partial charge in [0, 0.05) is 0 Å². The normalized spacial score (nSPS) is 10.2. The number of ether oxygens (including phenoxy) is 1. The number of hydrogen-bond donors (Lipinski definition) is 1. The molecule has 2 aromatic carbocycles. The zero-order chi connectivity index (χ0) is 13.8. The minimum absolute atomic E-state index is 0.107. The summed E-state index contributed by atoms with van der Waals surface area (Å²) in [5, 5.41) is 9.64. The van der Waals surface area contributed by atoms with Gasteiger partial charge in [0.15, 0.2) is 5.78 Å². The SMILES string of the molecule is CC(=O)c1c(O)cccc1OCc1ccc(F)cc1. The second kappa shape index (κ2) is 5.52. The lowest BCUT2D eigenvalue weighted by Crippen LogP contribution is -2.02. The van der Waals surface area contributed by atoms with Gasteiger partial charge < -0.3 is 9.84 Å². The van der Waals surface area contributed by atoms with E-state index in [0.29, 0.717) is 5.75 Å². The minimum Gasteiger partial charge on any atom is -0.507 e. The molecule has 0 saturated carbocycles. The number of phenolic OH excluding ortho intramolecular Hbond substituents is 1. The molecule has 98 valence electrons. The van der Waals surface area contributed by atoms with Gasteiger partial charge in [0.05, 0.1) is 0 Å². The van der Waals surface area contributed by atoms with E-state index < -0.39 is 0 Å². The first-order valence-electron chi connectivity index (χ1n) is 5.78. The summed E-state index contributed by atoms with van der Waals surface area (Å²) in [6.07, 6.45) is 0. The topological polar surface area (TPSA) is 46.5 Å². The van der Waals surface area contributed by atoms with Crippen molar-refractivity contribution < 1.29 is 19.0 Å². The van der Waals surface area contributed by atoms with Crippen LogP contribution in [0.3, 0.4) is 0 Å². The average Bonchev–Trinajstić information content (AvgIpc) is 2.37. The molecule has 2 rings (SSSR count).